The summed E-state index contributed by atoms with van der Waals surface area (Å²) in [5, 5.41) is 0. The van der Waals surface area contributed by atoms with Gasteiger partial charge in [-0.05, 0) is 19.3 Å². The molecule has 0 heterocycles. The molecule has 0 spiro atoms. The highest BCUT2D eigenvalue weighted by molar-refractivity contribution is 4.78. The van der Waals surface area contributed by atoms with E-state index in [4.69, 9.17) is 15.2 Å². The van der Waals surface area contributed by atoms with Crippen molar-refractivity contribution in [1.82, 2.24) is 0 Å². The first-order chi connectivity index (χ1) is 6.24. The van der Waals surface area contributed by atoms with Gasteiger partial charge in [-0.2, -0.15) is 0 Å². The molecule has 0 saturated carbocycles. The Morgan fingerprint density at radius 3 is 2.15 bits per heavy atom. The fraction of sp³-hybridized carbons (Fsp3) is 1.00. The predicted octanol–water partition coefficient (Wildman–Crippen LogP) is 1.56. The van der Waals surface area contributed by atoms with Crippen molar-refractivity contribution >= 4 is 0 Å². The number of methoxy groups -OCH3 is 1. The van der Waals surface area contributed by atoms with Crippen LogP contribution in [0, 0.1) is 0 Å². The van der Waals surface area contributed by atoms with Crippen LogP contribution in [0.2, 0.25) is 0 Å². The molecule has 0 aromatic carbocycles. The van der Waals surface area contributed by atoms with Crippen LogP contribution in [0.4, 0.5) is 0 Å². The van der Waals surface area contributed by atoms with Gasteiger partial charge in [-0.25, -0.2) is 0 Å². The molecule has 2 N–H and O–H groups in total. The summed E-state index contributed by atoms with van der Waals surface area (Å²) >= 11 is 0. The molecule has 0 aromatic rings. The fourth-order valence-electron chi connectivity index (χ4n) is 1.29. The van der Waals surface area contributed by atoms with Crippen LogP contribution in [0.25, 0.3) is 0 Å². The molecule has 0 saturated heterocycles. The Hall–Kier alpha value is -0.120. The zero-order valence-corrected chi connectivity index (χ0v) is 9.14. The Labute approximate surface area is 81.6 Å². The van der Waals surface area contributed by atoms with Crippen molar-refractivity contribution in [2.24, 2.45) is 5.73 Å². The van der Waals surface area contributed by atoms with E-state index in [1.54, 1.807) is 7.11 Å². The molecular weight excluding hydrogens is 166 g/mol. The second kappa shape index (κ2) is 7.30. The highest BCUT2D eigenvalue weighted by Crippen LogP contribution is 2.18. The lowest BCUT2D eigenvalue weighted by Gasteiger charge is -2.30. The zero-order valence-electron chi connectivity index (χ0n) is 9.14. The number of ether oxygens (including phenoxy) is 2. The highest BCUT2D eigenvalue weighted by atomic mass is 16.5. The van der Waals surface area contributed by atoms with Crippen LogP contribution in [0.3, 0.4) is 0 Å². The number of hydrogen-bond donors (Lipinski definition) is 1. The van der Waals surface area contributed by atoms with E-state index < -0.39 is 0 Å². The van der Waals surface area contributed by atoms with Gasteiger partial charge >= 0.3 is 0 Å². The van der Waals surface area contributed by atoms with Gasteiger partial charge in [0.2, 0.25) is 0 Å². The minimum Gasteiger partial charge on any atom is -0.385 e. The lowest BCUT2D eigenvalue weighted by molar-refractivity contribution is -0.0498. The smallest absolute Gasteiger partial charge is 0.0798 e. The summed E-state index contributed by atoms with van der Waals surface area (Å²) in [6, 6.07) is 0. The lowest BCUT2D eigenvalue weighted by Crippen LogP contribution is -2.40. The molecule has 0 atom stereocenters. The van der Waals surface area contributed by atoms with Crippen LogP contribution >= 0.6 is 0 Å². The molecule has 0 bridgehead atoms. The molecule has 3 heteroatoms. The summed E-state index contributed by atoms with van der Waals surface area (Å²) in [5.74, 6) is 0. The van der Waals surface area contributed by atoms with Crippen molar-refractivity contribution in [2.75, 3.05) is 26.9 Å². The molecule has 13 heavy (non-hydrogen) atoms. The average Bonchev–Trinajstić information content (AvgIpc) is 2.20. The molecular formula is C10H23NO2. The SMILES string of the molecule is CCC(CC)(CN)OCCCOC. The molecule has 0 fully saturated rings. The van der Waals surface area contributed by atoms with Gasteiger partial charge in [-0.15, -0.1) is 0 Å². The van der Waals surface area contributed by atoms with E-state index >= 15 is 0 Å². The quantitative estimate of drug-likeness (QED) is 0.589. The Morgan fingerprint density at radius 1 is 1.15 bits per heavy atom. The fourth-order valence-corrected chi connectivity index (χ4v) is 1.29. The van der Waals surface area contributed by atoms with Gasteiger partial charge in [-0.1, -0.05) is 13.8 Å². The maximum Gasteiger partial charge on any atom is 0.0798 e. The first-order valence-electron chi connectivity index (χ1n) is 5.07. The third-order valence-corrected chi connectivity index (χ3v) is 2.56. The van der Waals surface area contributed by atoms with E-state index in [2.05, 4.69) is 13.8 Å². The summed E-state index contributed by atoms with van der Waals surface area (Å²) in [5.41, 5.74) is 5.58. The summed E-state index contributed by atoms with van der Waals surface area (Å²) in [6.45, 7) is 6.34. The van der Waals surface area contributed by atoms with Gasteiger partial charge in [0.25, 0.3) is 0 Å². The van der Waals surface area contributed by atoms with Crippen LogP contribution in [0.15, 0.2) is 0 Å². The van der Waals surface area contributed by atoms with E-state index in [9.17, 15) is 0 Å². The van der Waals surface area contributed by atoms with Gasteiger partial charge in [0.15, 0.2) is 0 Å². The largest absolute Gasteiger partial charge is 0.385 e. The molecule has 3 nitrogen and oxygen atoms in total. The van der Waals surface area contributed by atoms with Gasteiger partial charge in [0.1, 0.15) is 0 Å². The Morgan fingerprint density at radius 2 is 1.77 bits per heavy atom. The van der Waals surface area contributed by atoms with E-state index in [0.29, 0.717) is 6.54 Å². The lowest BCUT2D eigenvalue weighted by atomic mass is 9.97. The number of nitrogens with two attached hydrogens (primary N) is 1. The molecule has 0 aliphatic carbocycles. The van der Waals surface area contributed by atoms with Gasteiger partial charge in [-0.3, -0.25) is 0 Å². The first-order valence-corrected chi connectivity index (χ1v) is 5.07. The van der Waals surface area contributed by atoms with Crippen LogP contribution < -0.4 is 5.73 Å². The Bertz CT molecular complexity index is 105. The maximum atomic E-state index is 5.77. The van der Waals surface area contributed by atoms with Crippen molar-refractivity contribution in [3.63, 3.8) is 0 Å². The van der Waals surface area contributed by atoms with Crippen LogP contribution in [0.1, 0.15) is 33.1 Å². The van der Waals surface area contributed by atoms with Crippen LogP contribution in [0.5, 0.6) is 0 Å². The molecule has 0 radical (unpaired) electrons. The monoisotopic (exact) mass is 189 g/mol. The number of rotatable bonds is 8. The molecule has 0 amide bonds. The third-order valence-electron chi connectivity index (χ3n) is 2.56. The minimum absolute atomic E-state index is 0.103. The van der Waals surface area contributed by atoms with Gasteiger partial charge < -0.3 is 15.2 Å². The van der Waals surface area contributed by atoms with Crippen molar-refractivity contribution in [3.05, 3.63) is 0 Å². The van der Waals surface area contributed by atoms with Crippen molar-refractivity contribution in [3.8, 4) is 0 Å². The molecule has 0 aliphatic heterocycles. The second-order valence-corrected chi connectivity index (χ2v) is 3.29. The van der Waals surface area contributed by atoms with Crippen molar-refractivity contribution < 1.29 is 9.47 Å². The maximum absolute atomic E-state index is 5.77. The van der Waals surface area contributed by atoms with E-state index in [-0.39, 0.29) is 5.60 Å². The third kappa shape index (κ3) is 4.60. The molecule has 80 valence electrons. The Kier molecular flexibility index (Phi) is 7.23. The number of hydrogen-bond acceptors (Lipinski definition) is 3. The normalized spacial score (nSPS) is 12.0. The van der Waals surface area contributed by atoms with E-state index in [0.717, 1.165) is 32.5 Å². The molecule has 0 unspecified atom stereocenters. The van der Waals surface area contributed by atoms with Crippen LogP contribution in [-0.4, -0.2) is 32.5 Å². The second-order valence-electron chi connectivity index (χ2n) is 3.29. The average molecular weight is 189 g/mol. The van der Waals surface area contributed by atoms with E-state index in [1.807, 2.05) is 0 Å². The van der Waals surface area contributed by atoms with Crippen molar-refractivity contribution in [2.45, 2.75) is 38.7 Å². The topological polar surface area (TPSA) is 44.5 Å². The van der Waals surface area contributed by atoms with E-state index in [1.165, 1.54) is 0 Å². The standard InChI is InChI=1S/C10H23NO2/c1-4-10(5-2,9-11)13-8-6-7-12-3/h4-9,11H2,1-3H3. The molecule has 0 rings (SSSR count). The first kappa shape index (κ1) is 12.9. The highest BCUT2D eigenvalue weighted by Gasteiger charge is 2.24. The van der Waals surface area contributed by atoms with Crippen LogP contribution in [-0.2, 0) is 9.47 Å². The minimum atomic E-state index is -0.103. The Balaban J connectivity index is 3.68. The molecule has 0 aliphatic rings. The zero-order chi connectivity index (χ0) is 10.2. The van der Waals surface area contributed by atoms with Crippen molar-refractivity contribution in [1.29, 1.82) is 0 Å². The predicted molar refractivity (Wildman–Crippen MR) is 54.8 cm³/mol. The molecule has 0 aromatic heterocycles. The van der Waals surface area contributed by atoms with Gasteiger partial charge in [0.05, 0.1) is 5.60 Å². The van der Waals surface area contributed by atoms with Gasteiger partial charge in [0, 0.05) is 26.9 Å². The summed E-state index contributed by atoms with van der Waals surface area (Å²) < 4.78 is 10.7. The summed E-state index contributed by atoms with van der Waals surface area (Å²) in [6.07, 6.45) is 2.90. The summed E-state index contributed by atoms with van der Waals surface area (Å²) in [7, 11) is 1.70. The summed E-state index contributed by atoms with van der Waals surface area (Å²) in [4.78, 5) is 0.